The standard InChI is InChI=1S/C22H30N4O/c1-3-26(4-2)16-18-10-6-5-9-17(18)15-24-22(23)25-20-13-14-27-21-12-8-7-11-19(20)21/h5-12,20H,3-4,13-16H2,1-2H3,(H3,23,24,25). The predicted octanol–water partition coefficient (Wildman–Crippen LogP) is 3.46. The van der Waals surface area contributed by atoms with Crippen molar-refractivity contribution in [2.45, 2.75) is 39.4 Å². The molecule has 27 heavy (non-hydrogen) atoms. The first-order chi connectivity index (χ1) is 13.2. The molecule has 0 saturated heterocycles. The van der Waals surface area contributed by atoms with Gasteiger partial charge in [0.2, 0.25) is 0 Å². The molecule has 5 nitrogen and oxygen atoms in total. The van der Waals surface area contributed by atoms with Crippen LogP contribution in [-0.4, -0.2) is 30.6 Å². The van der Waals surface area contributed by atoms with Crippen LogP contribution in [0.5, 0.6) is 5.75 Å². The lowest BCUT2D eigenvalue weighted by atomic mass is 10.0. The molecule has 0 saturated carbocycles. The van der Waals surface area contributed by atoms with E-state index in [0.29, 0.717) is 19.1 Å². The normalized spacial score (nSPS) is 16.7. The number of benzene rings is 2. The van der Waals surface area contributed by atoms with Gasteiger partial charge in [0.15, 0.2) is 5.96 Å². The molecule has 0 aliphatic carbocycles. The zero-order valence-electron chi connectivity index (χ0n) is 16.3. The highest BCUT2D eigenvalue weighted by molar-refractivity contribution is 5.78. The SMILES string of the molecule is CCN(CC)Cc1ccccc1CN=C(N)NC1CCOc2ccccc21. The minimum absolute atomic E-state index is 0.143. The summed E-state index contributed by atoms with van der Waals surface area (Å²) in [6.45, 7) is 8.69. The zero-order chi connectivity index (χ0) is 19.1. The van der Waals surface area contributed by atoms with Gasteiger partial charge in [-0.25, -0.2) is 4.99 Å². The summed E-state index contributed by atoms with van der Waals surface area (Å²) in [4.78, 5) is 7.01. The largest absolute Gasteiger partial charge is 0.493 e. The summed E-state index contributed by atoms with van der Waals surface area (Å²) in [5.41, 5.74) is 9.88. The van der Waals surface area contributed by atoms with E-state index < -0.39 is 0 Å². The van der Waals surface area contributed by atoms with Crippen molar-refractivity contribution < 1.29 is 4.74 Å². The van der Waals surface area contributed by atoms with Crippen LogP contribution >= 0.6 is 0 Å². The molecule has 2 aromatic rings. The Hall–Kier alpha value is -2.53. The third-order valence-corrected chi connectivity index (χ3v) is 5.11. The average molecular weight is 367 g/mol. The van der Waals surface area contributed by atoms with Gasteiger partial charge in [-0.15, -0.1) is 0 Å². The summed E-state index contributed by atoms with van der Waals surface area (Å²) in [5, 5.41) is 3.37. The number of rotatable bonds is 7. The predicted molar refractivity (Wildman–Crippen MR) is 111 cm³/mol. The van der Waals surface area contributed by atoms with E-state index in [1.54, 1.807) is 0 Å². The number of ether oxygens (including phenoxy) is 1. The third-order valence-electron chi connectivity index (χ3n) is 5.11. The van der Waals surface area contributed by atoms with Gasteiger partial charge in [-0.2, -0.15) is 0 Å². The second kappa shape index (κ2) is 9.42. The number of para-hydroxylation sites is 1. The van der Waals surface area contributed by atoms with Crippen molar-refractivity contribution in [2.75, 3.05) is 19.7 Å². The molecule has 0 aromatic heterocycles. The van der Waals surface area contributed by atoms with Crippen molar-refractivity contribution in [3.05, 3.63) is 65.2 Å². The molecule has 3 N–H and O–H groups in total. The topological polar surface area (TPSA) is 62.9 Å². The summed E-state index contributed by atoms with van der Waals surface area (Å²) in [6.07, 6.45) is 0.881. The molecule has 1 unspecified atom stereocenters. The molecule has 1 atom stereocenters. The Morgan fingerprint density at radius 2 is 1.81 bits per heavy atom. The van der Waals surface area contributed by atoms with Crippen molar-refractivity contribution in [1.82, 2.24) is 10.2 Å². The van der Waals surface area contributed by atoms with Crippen LogP contribution in [-0.2, 0) is 13.1 Å². The van der Waals surface area contributed by atoms with E-state index in [2.05, 4.69) is 59.4 Å². The van der Waals surface area contributed by atoms with E-state index >= 15 is 0 Å². The second-order valence-electron chi connectivity index (χ2n) is 6.80. The maximum atomic E-state index is 6.20. The number of nitrogens with one attached hydrogen (secondary N) is 1. The molecule has 0 amide bonds. The molecule has 0 fully saturated rings. The van der Waals surface area contributed by atoms with Crippen molar-refractivity contribution in [3.63, 3.8) is 0 Å². The van der Waals surface area contributed by atoms with Crippen molar-refractivity contribution in [2.24, 2.45) is 10.7 Å². The fraction of sp³-hybridized carbons (Fsp3) is 0.409. The third kappa shape index (κ3) is 5.01. The Bertz CT molecular complexity index is 770. The fourth-order valence-corrected chi connectivity index (χ4v) is 3.44. The minimum Gasteiger partial charge on any atom is -0.493 e. The van der Waals surface area contributed by atoms with Gasteiger partial charge in [-0.05, 0) is 30.3 Å². The quantitative estimate of drug-likeness (QED) is 0.582. The summed E-state index contributed by atoms with van der Waals surface area (Å²) in [5.74, 6) is 1.41. The van der Waals surface area contributed by atoms with E-state index in [9.17, 15) is 0 Å². The number of hydrogen-bond acceptors (Lipinski definition) is 3. The van der Waals surface area contributed by atoms with Gasteiger partial charge >= 0.3 is 0 Å². The summed E-state index contributed by atoms with van der Waals surface area (Å²) in [6, 6.07) is 16.7. The molecule has 0 bridgehead atoms. The van der Waals surface area contributed by atoms with Gasteiger partial charge in [0, 0.05) is 18.5 Å². The Labute approximate surface area is 162 Å². The Morgan fingerprint density at radius 3 is 2.59 bits per heavy atom. The first-order valence-corrected chi connectivity index (χ1v) is 9.78. The van der Waals surface area contributed by atoms with Crippen molar-refractivity contribution in [3.8, 4) is 5.75 Å². The molecular weight excluding hydrogens is 336 g/mol. The van der Waals surface area contributed by atoms with Gasteiger partial charge in [0.05, 0.1) is 19.2 Å². The number of nitrogens with two attached hydrogens (primary N) is 1. The van der Waals surface area contributed by atoms with Crippen LogP contribution in [0.25, 0.3) is 0 Å². The summed E-state index contributed by atoms with van der Waals surface area (Å²) < 4.78 is 5.71. The van der Waals surface area contributed by atoms with E-state index in [1.807, 2.05) is 18.2 Å². The van der Waals surface area contributed by atoms with Crippen LogP contribution in [0.3, 0.4) is 0 Å². The van der Waals surface area contributed by atoms with Crippen LogP contribution in [0.1, 0.15) is 43.0 Å². The summed E-state index contributed by atoms with van der Waals surface area (Å²) >= 11 is 0. The fourth-order valence-electron chi connectivity index (χ4n) is 3.44. The highest BCUT2D eigenvalue weighted by atomic mass is 16.5. The van der Waals surface area contributed by atoms with Gasteiger partial charge in [-0.3, -0.25) is 4.90 Å². The number of aliphatic imine (C=N–C) groups is 1. The Balaban J connectivity index is 1.67. The van der Waals surface area contributed by atoms with Crippen LogP contribution in [0.4, 0.5) is 0 Å². The van der Waals surface area contributed by atoms with Crippen molar-refractivity contribution in [1.29, 1.82) is 0 Å². The Kier molecular flexibility index (Phi) is 6.71. The Morgan fingerprint density at radius 1 is 1.11 bits per heavy atom. The lowest BCUT2D eigenvalue weighted by Crippen LogP contribution is -2.37. The first kappa shape index (κ1) is 19.2. The molecule has 1 aliphatic heterocycles. The molecule has 1 aliphatic rings. The monoisotopic (exact) mass is 366 g/mol. The van der Waals surface area contributed by atoms with Gasteiger partial charge in [0.1, 0.15) is 5.75 Å². The second-order valence-corrected chi connectivity index (χ2v) is 6.80. The number of fused-ring (bicyclic) bond motifs is 1. The van der Waals surface area contributed by atoms with Gasteiger partial charge in [-0.1, -0.05) is 56.3 Å². The zero-order valence-corrected chi connectivity index (χ0v) is 16.3. The van der Waals surface area contributed by atoms with Gasteiger partial charge < -0.3 is 15.8 Å². The highest BCUT2D eigenvalue weighted by Crippen LogP contribution is 2.31. The number of nitrogens with zero attached hydrogens (tertiary/aromatic N) is 2. The molecule has 2 aromatic carbocycles. The number of guanidine groups is 1. The van der Waals surface area contributed by atoms with Crippen molar-refractivity contribution >= 4 is 5.96 Å². The van der Waals surface area contributed by atoms with E-state index in [-0.39, 0.29) is 6.04 Å². The van der Waals surface area contributed by atoms with Crippen LogP contribution in [0, 0.1) is 0 Å². The molecular formula is C22H30N4O. The van der Waals surface area contributed by atoms with Crippen LogP contribution in [0.2, 0.25) is 0 Å². The molecule has 5 heteroatoms. The number of hydrogen-bond donors (Lipinski definition) is 2. The van der Waals surface area contributed by atoms with Crippen LogP contribution < -0.4 is 15.8 Å². The average Bonchev–Trinajstić information content (AvgIpc) is 2.71. The smallest absolute Gasteiger partial charge is 0.189 e. The maximum Gasteiger partial charge on any atom is 0.189 e. The highest BCUT2D eigenvalue weighted by Gasteiger charge is 2.21. The van der Waals surface area contributed by atoms with Gasteiger partial charge in [0.25, 0.3) is 0 Å². The molecule has 144 valence electrons. The molecule has 0 spiro atoms. The van der Waals surface area contributed by atoms with E-state index in [1.165, 1.54) is 11.1 Å². The summed E-state index contributed by atoms with van der Waals surface area (Å²) in [7, 11) is 0. The first-order valence-electron chi connectivity index (χ1n) is 9.78. The van der Waals surface area contributed by atoms with Crippen LogP contribution in [0.15, 0.2) is 53.5 Å². The van der Waals surface area contributed by atoms with E-state index in [0.717, 1.165) is 37.4 Å². The lowest BCUT2D eigenvalue weighted by Gasteiger charge is -2.27. The maximum absolute atomic E-state index is 6.20. The molecule has 1 heterocycles. The lowest BCUT2D eigenvalue weighted by molar-refractivity contribution is 0.262. The molecule has 3 rings (SSSR count). The molecule has 0 radical (unpaired) electrons. The minimum atomic E-state index is 0.143. The van der Waals surface area contributed by atoms with E-state index in [4.69, 9.17) is 10.5 Å².